The van der Waals surface area contributed by atoms with Crippen LogP contribution < -0.4 is 5.32 Å². The van der Waals surface area contributed by atoms with Gasteiger partial charge in [-0.1, -0.05) is 30.3 Å². The number of amides is 1. The fourth-order valence-corrected chi connectivity index (χ4v) is 2.49. The molecule has 0 radical (unpaired) electrons. The van der Waals surface area contributed by atoms with E-state index < -0.39 is 4.92 Å². The van der Waals surface area contributed by atoms with Gasteiger partial charge in [-0.3, -0.25) is 14.9 Å². The third kappa shape index (κ3) is 4.08. The molecular weight excluding hydrogens is 314 g/mol. The van der Waals surface area contributed by atoms with Gasteiger partial charge in [-0.2, -0.15) is 5.26 Å². The standard InChI is InChI=1S/C16H13N3O3S/c1-11(12-5-3-2-4-6-12)16(20)18-13-7-8-15(23-10-17)14(9-13)19(21)22/h2-9,11H,1H3,(H,18,20)/t11-/m1/s1. The van der Waals surface area contributed by atoms with Gasteiger partial charge in [-0.05, 0) is 36.4 Å². The molecule has 0 spiro atoms. The zero-order chi connectivity index (χ0) is 16.8. The molecule has 1 atom stereocenters. The first-order chi connectivity index (χ1) is 11.0. The van der Waals surface area contributed by atoms with E-state index in [-0.39, 0.29) is 22.4 Å². The third-order valence-electron chi connectivity index (χ3n) is 3.27. The fourth-order valence-electron chi connectivity index (χ4n) is 2.02. The Morgan fingerprint density at radius 2 is 2.00 bits per heavy atom. The van der Waals surface area contributed by atoms with Crippen LogP contribution in [0.5, 0.6) is 0 Å². The first-order valence-electron chi connectivity index (χ1n) is 6.73. The minimum atomic E-state index is -0.573. The predicted molar refractivity (Wildman–Crippen MR) is 88.1 cm³/mol. The number of nitro groups is 1. The maximum Gasteiger partial charge on any atom is 0.286 e. The molecule has 0 fully saturated rings. The molecule has 2 aromatic carbocycles. The van der Waals surface area contributed by atoms with Gasteiger partial charge < -0.3 is 5.32 Å². The second-order valence-electron chi connectivity index (χ2n) is 4.75. The lowest BCUT2D eigenvalue weighted by Crippen LogP contribution is -2.18. The molecular formula is C16H13N3O3S. The number of nitrogens with zero attached hydrogens (tertiary/aromatic N) is 2. The van der Waals surface area contributed by atoms with Crippen LogP contribution in [0.25, 0.3) is 0 Å². The predicted octanol–water partition coefficient (Wildman–Crippen LogP) is 3.91. The molecule has 0 aliphatic carbocycles. The molecule has 116 valence electrons. The number of carbonyl (C=O) groups excluding carboxylic acids is 1. The number of carbonyl (C=O) groups is 1. The Labute approximate surface area is 137 Å². The molecule has 0 heterocycles. The summed E-state index contributed by atoms with van der Waals surface area (Å²) < 4.78 is 0. The van der Waals surface area contributed by atoms with Gasteiger partial charge in [0.1, 0.15) is 10.3 Å². The van der Waals surface area contributed by atoms with Crippen molar-refractivity contribution >= 4 is 29.0 Å². The number of hydrogen-bond donors (Lipinski definition) is 1. The van der Waals surface area contributed by atoms with E-state index in [1.165, 1.54) is 12.1 Å². The summed E-state index contributed by atoms with van der Waals surface area (Å²) in [6.07, 6.45) is 0. The van der Waals surface area contributed by atoms with Gasteiger partial charge in [0.15, 0.2) is 0 Å². The number of nitro benzene ring substituents is 1. The van der Waals surface area contributed by atoms with Crippen LogP contribution in [-0.4, -0.2) is 10.8 Å². The van der Waals surface area contributed by atoms with E-state index in [0.717, 1.165) is 5.56 Å². The molecule has 0 saturated heterocycles. The molecule has 0 saturated carbocycles. The molecule has 0 unspecified atom stereocenters. The Balaban J connectivity index is 2.20. The van der Waals surface area contributed by atoms with Gasteiger partial charge >= 0.3 is 0 Å². The van der Waals surface area contributed by atoms with Crippen molar-refractivity contribution in [2.24, 2.45) is 0 Å². The maximum atomic E-state index is 12.3. The average Bonchev–Trinajstić information content (AvgIpc) is 2.56. The fraction of sp³-hybridized carbons (Fsp3) is 0.125. The smallest absolute Gasteiger partial charge is 0.286 e. The van der Waals surface area contributed by atoms with Crippen LogP contribution in [0.2, 0.25) is 0 Å². The van der Waals surface area contributed by atoms with E-state index in [1.807, 2.05) is 30.3 Å². The normalized spacial score (nSPS) is 11.3. The molecule has 7 heteroatoms. The van der Waals surface area contributed by atoms with Crippen LogP contribution in [0, 0.1) is 20.8 Å². The topological polar surface area (TPSA) is 96.0 Å². The summed E-state index contributed by atoms with van der Waals surface area (Å²) in [5.74, 6) is -0.644. The van der Waals surface area contributed by atoms with Crippen molar-refractivity contribution < 1.29 is 9.72 Å². The van der Waals surface area contributed by atoms with Gasteiger partial charge in [0.2, 0.25) is 5.91 Å². The van der Waals surface area contributed by atoms with Crippen LogP contribution in [0.4, 0.5) is 11.4 Å². The number of hydrogen-bond acceptors (Lipinski definition) is 5. The number of nitriles is 1. The first-order valence-corrected chi connectivity index (χ1v) is 7.54. The van der Waals surface area contributed by atoms with Crippen LogP contribution >= 0.6 is 11.8 Å². The zero-order valence-corrected chi connectivity index (χ0v) is 13.0. The van der Waals surface area contributed by atoms with E-state index in [4.69, 9.17) is 5.26 Å². The quantitative estimate of drug-likeness (QED) is 0.389. The lowest BCUT2D eigenvalue weighted by Gasteiger charge is -2.12. The molecule has 0 aliphatic rings. The highest BCUT2D eigenvalue weighted by Gasteiger charge is 2.19. The number of thiocyanates is 1. The van der Waals surface area contributed by atoms with E-state index >= 15 is 0 Å². The summed E-state index contributed by atoms with van der Waals surface area (Å²) in [7, 11) is 0. The highest BCUT2D eigenvalue weighted by molar-refractivity contribution is 8.03. The molecule has 23 heavy (non-hydrogen) atoms. The molecule has 2 aromatic rings. The van der Waals surface area contributed by atoms with Gasteiger partial charge in [0, 0.05) is 11.8 Å². The average molecular weight is 327 g/mol. The SMILES string of the molecule is C[C@@H](C(=O)Nc1ccc(SC#N)c([N+](=O)[O-])c1)c1ccccc1. The van der Waals surface area contributed by atoms with Gasteiger partial charge in [0.25, 0.3) is 5.69 Å². The lowest BCUT2D eigenvalue weighted by atomic mass is 10.0. The Hall–Kier alpha value is -2.85. The van der Waals surface area contributed by atoms with Crippen molar-refractivity contribution in [2.45, 2.75) is 17.7 Å². The van der Waals surface area contributed by atoms with Crippen LogP contribution in [0.1, 0.15) is 18.4 Å². The molecule has 6 nitrogen and oxygen atoms in total. The summed E-state index contributed by atoms with van der Waals surface area (Å²) in [6, 6.07) is 13.5. The second-order valence-corrected chi connectivity index (χ2v) is 5.58. The molecule has 0 bridgehead atoms. The Kier molecular flexibility index (Phi) is 5.33. The molecule has 0 aromatic heterocycles. The van der Waals surface area contributed by atoms with Gasteiger partial charge in [-0.15, -0.1) is 0 Å². The van der Waals surface area contributed by atoms with Crippen molar-refractivity contribution in [2.75, 3.05) is 5.32 Å². The molecule has 1 N–H and O–H groups in total. The summed E-state index contributed by atoms with van der Waals surface area (Å²) >= 11 is 0.712. The molecule has 1 amide bonds. The number of anilines is 1. The number of rotatable bonds is 5. The Morgan fingerprint density at radius 3 is 2.61 bits per heavy atom. The van der Waals surface area contributed by atoms with E-state index in [2.05, 4.69) is 5.32 Å². The van der Waals surface area contributed by atoms with Crippen molar-refractivity contribution in [1.82, 2.24) is 0 Å². The second kappa shape index (κ2) is 7.42. The highest BCUT2D eigenvalue weighted by atomic mass is 32.2. The number of benzene rings is 2. The number of thioether (sulfide) groups is 1. The number of nitrogens with one attached hydrogen (secondary N) is 1. The van der Waals surface area contributed by atoms with Crippen molar-refractivity contribution in [3.63, 3.8) is 0 Å². The largest absolute Gasteiger partial charge is 0.325 e. The van der Waals surface area contributed by atoms with Crippen molar-refractivity contribution in [3.8, 4) is 5.40 Å². The monoisotopic (exact) mass is 327 g/mol. The first kappa shape index (κ1) is 16.5. The minimum Gasteiger partial charge on any atom is -0.325 e. The van der Waals surface area contributed by atoms with Crippen molar-refractivity contribution in [3.05, 3.63) is 64.2 Å². The van der Waals surface area contributed by atoms with Gasteiger partial charge in [0.05, 0.1) is 10.8 Å². The summed E-state index contributed by atoms with van der Waals surface area (Å²) in [5.41, 5.74) is 0.977. The summed E-state index contributed by atoms with van der Waals surface area (Å²) in [6.45, 7) is 1.76. The van der Waals surface area contributed by atoms with Crippen LogP contribution in [-0.2, 0) is 4.79 Å². The Bertz CT molecular complexity index is 772. The summed E-state index contributed by atoms with van der Waals surface area (Å²) in [4.78, 5) is 23.0. The Morgan fingerprint density at radius 1 is 1.30 bits per heavy atom. The van der Waals surface area contributed by atoms with Gasteiger partial charge in [-0.25, -0.2) is 0 Å². The van der Waals surface area contributed by atoms with Crippen molar-refractivity contribution in [1.29, 1.82) is 5.26 Å². The third-order valence-corrected chi connectivity index (χ3v) is 3.93. The van der Waals surface area contributed by atoms with Crippen LogP contribution in [0.15, 0.2) is 53.4 Å². The van der Waals surface area contributed by atoms with E-state index in [1.54, 1.807) is 18.4 Å². The lowest BCUT2D eigenvalue weighted by molar-refractivity contribution is -0.387. The van der Waals surface area contributed by atoms with E-state index in [9.17, 15) is 14.9 Å². The summed E-state index contributed by atoms with van der Waals surface area (Å²) in [5, 5.41) is 24.2. The van der Waals surface area contributed by atoms with E-state index in [0.29, 0.717) is 17.4 Å². The zero-order valence-electron chi connectivity index (χ0n) is 12.2. The highest BCUT2D eigenvalue weighted by Crippen LogP contribution is 2.31. The molecule has 2 rings (SSSR count). The molecule has 0 aliphatic heterocycles. The van der Waals surface area contributed by atoms with Crippen LogP contribution in [0.3, 0.4) is 0 Å². The maximum absolute atomic E-state index is 12.3. The minimum absolute atomic E-state index is 0.207.